The Balaban J connectivity index is 1.48. The molecule has 0 aliphatic carbocycles. The van der Waals surface area contributed by atoms with E-state index < -0.39 is 17.9 Å². The summed E-state index contributed by atoms with van der Waals surface area (Å²) in [7, 11) is 0. The second-order valence-electron chi connectivity index (χ2n) is 7.47. The van der Waals surface area contributed by atoms with E-state index in [1.807, 2.05) is 6.92 Å². The summed E-state index contributed by atoms with van der Waals surface area (Å²) in [6.45, 7) is 4.72. The lowest BCUT2D eigenvalue weighted by Crippen LogP contribution is -2.49. The van der Waals surface area contributed by atoms with Crippen molar-refractivity contribution in [2.24, 2.45) is 0 Å². The number of benzene rings is 2. The summed E-state index contributed by atoms with van der Waals surface area (Å²) in [6.07, 6.45) is 0.140. The largest absolute Gasteiger partial charge is 0.480 e. The van der Waals surface area contributed by atoms with Crippen LogP contribution in [0.4, 0.5) is 5.69 Å². The number of anilines is 1. The minimum absolute atomic E-state index is 0.0604. The third kappa shape index (κ3) is 5.59. The number of piperazine rings is 1. The van der Waals surface area contributed by atoms with E-state index in [9.17, 15) is 19.5 Å². The Morgan fingerprint density at radius 3 is 2.20 bits per heavy atom. The van der Waals surface area contributed by atoms with Gasteiger partial charge in [-0.1, -0.05) is 35.9 Å². The Labute approximate surface area is 176 Å². The summed E-state index contributed by atoms with van der Waals surface area (Å²) in [5, 5.41) is 11.9. The predicted molar refractivity (Wildman–Crippen MR) is 115 cm³/mol. The zero-order chi connectivity index (χ0) is 21.5. The molecule has 0 bridgehead atoms. The van der Waals surface area contributed by atoms with Gasteiger partial charge in [0.05, 0.1) is 0 Å². The van der Waals surface area contributed by atoms with E-state index in [2.05, 4.69) is 34.5 Å². The van der Waals surface area contributed by atoms with Gasteiger partial charge in [0.1, 0.15) is 6.04 Å². The molecule has 2 amide bonds. The smallest absolute Gasteiger partial charge is 0.326 e. The molecule has 0 spiro atoms. The van der Waals surface area contributed by atoms with Gasteiger partial charge in [0.2, 0.25) is 5.91 Å². The molecule has 2 aromatic carbocycles. The Bertz CT molecular complexity index is 875. The van der Waals surface area contributed by atoms with Crippen LogP contribution in [0.15, 0.2) is 54.6 Å². The number of amides is 2. The van der Waals surface area contributed by atoms with Crippen molar-refractivity contribution >= 4 is 23.5 Å². The molecule has 2 N–H and O–H groups in total. The van der Waals surface area contributed by atoms with Crippen molar-refractivity contribution in [3.05, 3.63) is 65.7 Å². The molecule has 30 heavy (non-hydrogen) atoms. The van der Waals surface area contributed by atoms with Crippen molar-refractivity contribution in [3.8, 4) is 0 Å². The topological polar surface area (TPSA) is 90.0 Å². The Morgan fingerprint density at radius 2 is 1.60 bits per heavy atom. The molecule has 0 saturated carbocycles. The third-order valence-corrected chi connectivity index (χ3v) is 5.32. The van der Waals surface area contributed by atoms with Gasteiger partial charge >= 0.3 is 5.97 Å². The van der Waals surface area contributed by atoms with Gasteiger partial charge in [-0.15, -0.1) is 0 Å². The fraction of sp³-hybridized carbons (Fsp3) is 0.348. The third-order valence-electron chi connectivity index (χ3n) is 5.32. The van der Waals surface area contributed by atoms with Gasteiger partial charge in [-0.25, -0.2) is 4.79 Å². The number of carboxylic acids is 1. The standard InChI is InChI=1S/C23H27N3O4/c1-17-7-9-19(10-8-17)25-13-15-26(16-14-25)21(27)12-11-20(23(29)30)24-22(28)18-5-3-2-4-6-18/h2-10,20H,11-16H2,1H3,(H,24,28)(H,29,30)/t20-/m0/s1. The van der Waals surface area contributed by atoms with E-state index in [-0.39, 0.29) is 18.7 Å². The molecule has 3 rings (SSSR count). The number of rotatable bonds is 7. The van der Waals surface area contributed by atoms with E-state index >= 15 is 0 Å². The van der Waals surface area contributed by atoms with E-state index in [0.29, 0.717) is 18.7 Å². The summed E-state index contributed by atoms with van der Waals surface area (Å²) in [5.74, 6) is -1.68. The van der Waals surface area contributed by atoms with E-state index in [0.717, 1.165) is 18.8 Å². The highest BCUT2D eigenvalue weighted by Gasteiger charge is 2.25. The molecule has 1 fully saturated rings. The Hall–Kier alpha value is -3.35. The Kier molecular flexibility index (Phi) is 7.06. The number of hydrogen-bond acceptors (Lipinski definition) is 4. The van der Waals surface area contributed by atoms with Gasteiger partial charge in [-0.3, -0.25) is 9.59 Å². The van der Waals surface area contributed by atoms with Gasteiger partial charge in [-0.05, 0) is 37.6 Å². The molecular formula is C23H27N3O4. The average Bonchev–Trinajstić information content (AvgIpc) is 2.77. The van der Waals surface area contributed by atoms with Crippen LogP contribution in [0.2, 0.25) is 0 Å². The van der Waals surface area contributed by atoms with Crippen LogP contribution in [0.25, 0.3) is 0 Å². The number of carbonyl (C=O) groups excluding carboxylic acids is 2. The minimum atomic E-state index is -1.14. The Morgan fingerprint density at radius 1 is 0.967 bits per heavy atom. The fourth-order valence-electron chi connectivity index (χ4n) is 3.48. The van der Waals surface area contributed by atoms with Crippen LogP contribution < -0.4 is 10.2 Å². The van der Waals surface area contributed by atoms with Crippen LogP contribution in [0.1, 0.15) is 28.8 Å². The van der Waals surface area contributed by atoms with Crippen LogP contribution in [-0.2, 0) is 9.59 Å². The molecule has 7 heteroatoms. The van der Waals surface area contributed by atoms with Crippen molar-refractivity contribution in [2.45, 2.75) is 25.8 Å². The van der Waals surface area contributed by atoms with Gasteiger partial charge in [-0.2, -0.15) is 0 Å². The van der Waals surface area contributed by atoms with Crippen molar-refractivity contribution in [1.29, 1.82) is 0 Å². The number of aryl methyl sites for hydroxylation is 1. The van der Waals surface area contributed by atoms with E-state index in [1.165, 1.54) is 5.56 Å². The van der Waals surface area contributed by atoms with E-state index in [4.69, 9.17) is 0 Å². The molecule has 1 atom stereocenters. The fourth-order valence-corrected chi connectivity index (χ4v) is 3.48. The second kappa shape index (κ2) is 9.91. The number of carboxylic acid groups (broad SMARTS) is 1. The maximum Gasteiger partial charge on any atom is 0.326 e. The summed E-state index contributed by atoms with van der Waals surface area (Å²) < 4.78 is 0. The summed E-state index contributed by atoms with van der Waals surface area (Å²) >= 11 is 0. The molecular weight excluding hydrogens is 382 g/mol. The molecule has 1 aliphatic rings. The van der Waals surface area contributed by atoms with Crippen molar-refractivity contribution in [2.75, 3.05) is 31.1 Å². The molecule has 158 valence electrons. The molecule has 7 nitrogen and oxygen atoms in total. The first kappa shape index (κ1) is 21.4. The van der Waals surface area contributed by atoms with Crippen LogP contribution >= 0.6 is 0 Å². The zero-order valence-electron chi connectivity index (χ0n) is 17.1. The maximum atomic E-state index is 12.6. The normalized spacial score (nSPS) is 14.8. The molecule has 0 unspecified atom stereocenters. The first-order valence-electron chi connectivity index (χ1n) is 10.1. The molecule has 0 aromatic heterocycles. The minimum Gasteiger partial charge on any atom is -0.480 e. The SMILES string of the molecule is Cc1ccc(N2CCN(C(=O)CC[C@H](NC(=O)c3ccccc3)C(=O)O)CC2)cc1. The van der Waals surface area contributed by atoms with Gasteiger partial charge < -0.3 is 20.2 Å². The second-order valence-corrected chi connectivity index (χ2v) is 7.47. The van der Waals surface area contributed by atoms with Crippen molar-refractivity contribution < 1.29 is 19.5 Å². The number of nitrogens with zero attached hydrogens (tertiary/aromatic N) is 2. The van der Waals surface area contributed by atoms with Gasteiger partial charge in [0, 0.05) is 43.9 Å². The monoisotopic (exact) mass is 409 g/mol. The predicted octanol–water partition coefficient (Wildman–Crippen LogP) is 2.31. The molecule has 1 saturated heterocycles. The van der Waals surface area contributed by atoms with Crippen LogP contribution in [0, 0.1) is 6.92 Å². The number of nitrogens with one attached hydrogen (secondary N) is 1. The van der Waals surface area contributed by atoms with Crippen molar-refractivity contribution in [3.63, 3.8) is 0 Å². The molecule has 2 aromatic rings. The summed E-state index contributed by atoms with van der Waals surface area (Å²) in [4.78, 5) is 40.3. The van der Waals surface area contributed by atoms with Crippen LogP contribution in [0.5, 0.6) is 0 Å². The summed E-state index contributed by atoms with van der Waals surface area (Å²) in [6, 6.07) is 15.7. The lowest BCUT2D eigenvalue weighted by atomic mass is 10.1. The van der Waals surface area contributed by atoms with E-state index in [1.54, 1.807) is 35.2 Å². The highest BCUT2D eigenvalue weighted by molar-refractivity contribution is 5.96. The lowest BCUT2D eigenvalue weighted by molar-refractivity contribution is -0.139. The molecule has 1 heterocycles. The van der Waals surface area contributed by atoms with Gasteiger partial charge in [0.15, 0.2) is 0 Å². The van der Waals surface area contributed by atoms with Crippen LogP contribution in [0.3, 0.4) is 0 Å². The van der Waals surface area contributed by atoms with Gasteiger partial charge in [0.25, 0.3) is 5.91 Å². The molecule has 1 aliphatic heterocycles. The number of aliphatic carboxylic acids is 1. The first-order chi connectivity index (χ1) is 14.4. The molecule has 0 radical (unpaired) electrons. The summed E-state index contributed by atoms with van der Waals surface area (Å²) in [5.41, 5.74) is 2.74. The maximum absolute atomic E-state index is 12.6. The zero-order valence-corrected chi connectivity index (χ0v) is 17.1. The first-order valence-corrected chi connectivity index (χ1v) is 10.1. The number of hydrogen-bond donors (Lipinski definition) is 2. The average molecular weight is 409 g/mol. The highest BCUT2D eigenvalue weighted by Crippen LogP contribution is 2.17. The highest BCUT2D eigenvalue weighted by atomic mass is 16.4. The van der Waals surface area contributed by atoms with Crippen molar-refractivity contribution in [1.82, 2.24) is 10.2 Å². The lowest BCUT2D eigenvalue weighted by Gasteiger charge is -2.36. The number of carbonyl (C=O) groups is 3. The van der Waals surface area contributed by atoms with Crippen LogP contribution in [-0.4, -0.2) is 60.0 Å². The quantitative estimate of drug-likeness (QED) is 0.732.